The first kappa shape index (κ1) is 8.81. The summed E-state index contributed by atoms with van der Waals surface area (Å²) in [5, 5.41) is 9.19. The van der Waals surface area contributed by atoms with Crippen LogP contribution in [0.5, 0.6) is 0 Å². The SMILES string of the molecule is CSc1nnc(Cl)c(C)c1C. The van der Waals surface area contributed by atoms with Crippen LogP contribution >= 0.6 is 23.4 Å². The molecular formula is C7H9ClN2S. The van der Waals surface area contributed by atoms with Crippen LogP contribution in [0.3, 0.4) is 0 Å². The molecule has 11 heavy (non-hydrogen) atoms. The van der Waals surface area contributed by atoms with Crippen molar-refractivity contribution in [3.05, 3.63) is 16.3 Å². The highest BCUT2D eigenvalue weighted by molar-refractivity contribution is 7.98. The van der Waals surface area contributed by atoms with Crippen LogP contribution in [0.25, 0.3) is 0 Å². The molecule has 0 radical (unpaired) electrons. The number of nitrogens with zero attached hydrogens (tertiary/aromatic N) is 2. The largest absolute Gasteiger partial charge is 0.154 e. The molecule has 0 unspecified atom stereocenters. The fourth-order valence-electron chi connectivity index (χ4n) is 0.748. The van der Waals surface area contributed by atoms with Crippen molar-refractivity contribution in [1.29, 1.82) is 0 Å². The van der Waals surface area contributed by atoms with E-state index >= 15 is 0 Å². The van der Waals surface area contributed by atoms with Crippen molar-refractivity contribution in [2.45, 2.75) is 18.9 Å². The monoisotopic (exact) mass is 188 g/mol. The highest BCUT2D eigenvalue weighted by atomic mass is 35.5. The van der Waals surface area contributed by atoms with Gasteiger partial charge in [0, 0.05) is 0 Å². The maximum absolute atomic E-state index is 5.76. The van der Waals surface area contributed by atoms with Gasteiger partial charge in [0.2, 0.25) is 0 Å². The third-order valence-corrected chi connectivity index (χ3v) is 2.75. The smallest absolute Gasteiger partial charge is 0.142 e. The molecular weight excluding hydrogens is 180 g/mol. The summed E-state index contributed by atoms with van der Waals surface area (Å²) in [4.78, 5) is 0. The van der Waals surface area contributed by atoms with Gasteiger partial charge in [0.15, 0.2) is 5.15 Å². The maximum atomic E-state index is 5.76. The molecule has 0 saturated heterocycles. The van der Waals surface area contributed by atoms with Crippen LogP contribution in [-0.4, -0.2) is 16.5 Å². The molecule has 0 spiro atoms. The van der Waals surface area contributed by atoms with E-state index in [-0.39, 0.29) is 0 Å². The lowest BCUT2D eigenvalue weighted by molar-refractivity contribution is 0.893. The van der Waals surface area contributed by atoms with E-state index in [4.69, 9.17) is 11.6 Å². The van der Waals surface area contributed by atoms with Crippen LogP contribution in [0.4, 0.5) is 0 Å². The Balaban J connectivity index is 3.25. The Morgan fingerprint density at radius 1 is 1.18 bits per heavy atom. The molecule has 0 aliphatic carbocycles. The molecule has 1 aromatic heterocycles. The summed E-state index contributed by atoms with van der Waals surface area (Å²) >= 11 is 7.35. The van der Waals surface area contributed by atoms with Gasteiger partial charge in [0.05, 0.1) is 0 Å². The van der Waals surface area contributed by atoms with E-state index in [0.717, 1.165) is 16.2 Å². The summed E-state index contributed by atoms with van der Waals surface area (Å²) < 4.78 is 0. The van der Waals surface area contributed by atoms with E-state index in [9.17, 15) is 0 Å². The van der Waals surface area contributed by atoms with Gasteiger partial charge < -0.3 is 0 Å². The lowest BCUT2D eigenvalue weighted by atomic mass is 10.2. The average molecular weight is 189 g/mol. The second-order valence-corrected chi connectivity index (χ2v) is 3.40. The van der Waals surface area contributed by atoms with Crippen LogP contribution in [0, 0.1) is 13.8 Å². The second kappa shape index (κ2) is 3.41. The van der Waals surface area contributed by atoms with Gasteiger partial charge >= 0.3 is 0 Å². The Hall–Kier alpha value is -0.280. The van der Waals surface area contributed by atoms with E-state index in [1.807, 2.05) is 20.1 Å². The van der Waals surface area contributed by atoms with Gasteiger partial charge in [0.1, 0.15) is 5.03 Å². The van der Waals surface area contributed by atoms with Crippen LogP contribution in [-0.2, 0) is 0 Å². The standard InChI is InChI=1S/C7H9ClN2S/c1-4-5(2)7(11-3)10-9-6(4)8/h1-3H3. The molecule has 4 heteroatoms. The molecule has 1 aromatic rings. The van der Waals surface area contributed by atoms with Crippen LogP contribution < -0.4 is 0 Å². The molecule has 0 amide bonds. The number of aromatic nitrogens is 2. The number of thioether (sulfide) groups is 1. The predicted octanol–water partition coefficient (Wildman–Crippen LogP) is 2.47. The summed E-state index contributed by atoms with van der Waals surface area (Å²) in [6, 6.07) is 0. The van der Waals surface area contributed by atoms with Crippen molar-refractivity contribution in [2.75, 3.05) is 6.26 Å². The van der Waals surface area contributed by atoms with Gasteiger partial charge in [-0.25, -0.2) is 0 Å². The molecule has 0 aromatic carbocycles. The van der Waals surface area contributed by atoms with Crippen molar-refractivity contribution in [1.82, 2.24) is 10.2 Å². The quantitative estimate of drug-likeness (QED) is 0.634. The normalized spacial score (nSPS) is 10.2. The van der Waals surface area contributed by atoms with Gasteiger partial charge in [-0.1, -0.05) is 11.6 Å². The summed E-state index contributed by atoms with van der Waals surface area (Å²) in [6.07, 6.45) is 1.98. The maximum Gasteiger partial charge on any atom is 0.154 e. The lowest BCUT2D eigenvalue weighted by Gasteiger charge is -2.03. The Labute approximate surface area is 75.4 Å². The van der Waals surface area contributed by atoms with E-state index in [2.05, 4.69) is 10.2 Å². The zero-order chi connectivity index (χ0) is 8.43. The number of rotatable bonds is 1. The van der Waals surface area contributed by atoms with E-state index in [0.29, 0.717) is 5.15 Å². The third-order valence-electron chi connectivity index (χ3n) is 1.61. The summed E-state index contributed by atoms with van der Waals surface area (Å²) in [6.45, 7) is 3.95. The lowest BCUT2D eigenvalue weighted by Crippen LogP contribution is -1.94. The molecule has 0 bridgehead atoms. The molecule has 1 heterocycles. The first-order valence-electron chi connectivity index (χ1n) is 3.20. The Bertz CT molecular complexity index is 275. The number of hydrogen-bond donors (Lipinski definition) is 0. The zero-order valence-electron chi connectivity index (χ0n) is 6.68. The molecule has 0 N–H and O–H groups in total. The first-order valence-corrected chi connectivity index (χ1v) is 4.80. The molecule has 1 rings (SSSR count). The summed E-state index contributed by atoms with van der Waals surface area (Å²) in [5.74, 6) is 0. The van der Waals surface area contributed by atoms with Gasteiger partial charge in [-0.05, 0) is 31.2 Å². The molecule has 0 aliphatic heterocycles. The number of hydrogen-bond acceptors (Lipinski definition) is 3. The average Bonchev–Trinajstić information content (AvgIpc) is 2.01. The number of halogens is 1. The molecule has 2 nitrogen and oxygen atoms in total. The van der Waals surface area contributed by atoms with Gasteiger partial charge in [-0.15, -0.1) is 22.0 Å². The molecule has 60 valence electrons. The van der Waals surface area contributed by atoms with Gasteiger partial charge in [0.25, 0.3) is 0 Å². The third kappa shape index (κ3) is 1.65. The highest BCUT2D eigenvalue weighted by Gasteiger charge is 2.05. The predicted molar refractivity (Wildman–Crippen MR) is 48.3 cm³/mol. The first-order chi connectivity index (χ1) is 5.16. The van der Waals surface area contributed by atoms with Gasteiger partial charge in [-0.3, -0.25) is 0 Å². The molecule has 0 fully saturated rings. The van der Waals surface area contributed by atoms with Gasteiger partial charge in [-0.2, -0.15) is 0 Å². The zero-order valence-corrected chi connectivity index (χ0v) is 8.25. The fourth-order valence-corrected chi connectivity index (χ4v) is 1.51. The van der Waals surface area contributed by atoms with Crippen molar-refractivity contribution in [3.63, 3.8) is 0 Å². The topological polar surface area (TPSA) is 25.8 Å². The summed E-state index contributed by atoms with van der Waals surface area (Å²) in [5.41, 5.74) is 2.14. The minimum atomic E-state index is 0.500. The Morgan fingerprint density at radius 3 is 2.36 bits per heavy atom. The van der Waals surface area contributed by atoms with Crippen molar-refractivity contribution >= 4 is 23.4 Å². The second-order valence-electron chi connectivity index (χ2n) is 2.25. The minimum absolute atomic E-state index is 0.500. The fraction of sp³-hybridized carbons (Fsp3) is 0.429. The molecule has 0 aliphatic rings. The van der Waals surface area contributed by atoms with Crippen molar-refractivity contribution in [2.24, 2.45) is 0 Å². The minimum Gasteiger partial charge on any atom is -0.142 e. The Kier molecular flexibility index (Phi) is 2.73. The van der Waals surface area contributed by atoms with E-state index in [1.54, 1.807) is 11.8 Å². The molecule has 0 saturated carbocycles. The van der Waals surface area contributed by atoms with Crippen LogP contribution in [0.2, 0.25) is 5.15 Å². The van der Waals surface area contributed by atoms with Crippen LogP contribution in [0.1, 0.15) is 11.1 Å². The molecule has 0 atom stereocenters. The highest BCUT2D eigenvalue weighted by Crippen LogP contribution is 2.22. The van der Waals surface area contributed by atoms with Crippen molar-refractivity contribution in [3.8, 4) is 0 Å². The summed E-state index contributed by atoms with van der Waals surface area (Å²) in [7, 11) is 0. The Morgan fingerprint density at radius 2 is 1.82 bits per heavy atom. The van der Waals surface area contributed by atoms with Crippen molar-refractivity contribution < 1.29 is 0 Å². The van der Waals surface area contributed by atoms with E-state index < -0.39 is 0 Å². The van der Waals surface area contributed by atoms with E-state index in [1.165, 1.54) is 0 Å². The van der Waals surface area contributed by atoms with Crippen LogP contribution in [0.15, 0.2) is 5.03 Å².